The Morgan fingerprint density at radius 3 is 2.94 bits per heavy atom. The van der Waals surface area contributed by atoms with Crippen molar-refractivity contribution in [3.8, 4) is 5.69 Å². The number of benzene rings is 1. The molecule has 0 bridgehead atoms. The van der Waals surface area contributed by atoms with E-state index in [2.05, 4.69) is 5.10 Å². The van der Waals surface area contributed by atoms with Crippen LogP contribution in [-0.2, 0) is 18.0 Å². The standard InChI is InChI=1S/C12H14N2O2/c1-16-9-10-3-2-4-12(7-10)14-6-5-11(8-15)13-14/h2-7,15H,8-9H2,1H3. The molecule has 0 aliphatic carbocycles. The SMILES string of the molecule is COCc1cccc(-n2ccc(CO)n2)c1. The van der Waals surface area contributed by atoms with Gasteiger partial charge < -0.3 is 9.84 Å². The summed E-state index contributed by atoms with van der Waals surface area (Å²) < 4.78 is 6.82. The number of rotatable bonds is 4. The average Bonchev–Trinajstić information content (AvgIpc) is 2.78. The Morgan fingerprint density at radius 2 is 2.25 bits per heavy atom. The highest BCUT2D eigenvalue weighted by Gasteiger charge is 2.01. The largest absolute Gasteiger partial charge is 0.390 e. The molecule has 1 N–H and O–H groups in total. The normalized spacial score (nSPS) is 10.6. The van der Waals surface area contributed by atoms with Gasteiger partial charge in [0.25, 0.3) is 0 Å². The lowest BCUT2D eigenvalue weighted by molar-refractivity contribution is 0.185. The van der Waals surface area contributed by atoms with Gasteiger partial charge in [-0.2, -0.15) is 5.10 Å². The fraction of sp³-hybridized carbons (Fsp3) is 0.250. The van der Waals surface area contributed by atoms with E-state index in [-0.39, 0.29) is 6.61 Å². The second-order valence-corrected chi connectivity index (χ2v) is 3.51. The molecule has 1 aromatic heterocycles. The second kappa shape index (κ2) is 4.92. The number of methoxy groups -OCH3 is 1. The molecule has 84 valence electrons. The fourth-order valence-corrected chi connectivity index (χ4v) is 1.55. The summed E-state index contributed by atoms with van der Waals surface area (Å²) in [6.07, 6.45) is 1.83. The molecule has 16 heavy (non-hydrogen) atoms. The third-order valence-corrected chi connectivity index (χ3v) is 2.29. The molecule has 0 saturated heterocycles. The van der Waals surface area contributed by atoms with Crippen LogP contribution in [0.25, 0.3) is 5.69 Å². The van der Waals surface area contributed by atoms with Crippen LogP contribution >= 0.6 is 0 Å². The lowest BCUT2D eigenvalue weighted by atomic mass is 10.2. The molecule has 0 saturated carbocycles. The Balaban J connectivity index is 2.28. The molecule has 1 aromatic carbocycles. The Bertz CT molecular complexity index is 466. The number of aliphatic hydroxyl groups is 1. The summed E-state index contributed by atoms with van der Waals surface area (Å²) in [7, 11) is 1.67. The first-order valence-electron chi connectivity index (χ1n) is 5.07. The van der Waals surface area contributed by atoms with E-state index in [9.17, 15) is 0 Å². The quantitative estimate of drug-likeness (QED) is 0.846. The number of ether oxygens (including phenoxy) is 1. The molecule has 4 nitrogen and oxygen atoms in total. The van der Waals surface area contributed by atoms with Crippen LogP contribution in [0.1, 0.15) is 11.3 Å². The van der Waals surface area contributed by atoms with Gasteiger partial charge in [0.15, 0.2) is 0 Å². The van der Waals surface area contributed by atoms with E-state index in [4.69, 9.17) is 9.84 Å². The number of aliphatic hydroxyl groups excluding tert-OH is 1. The molecule has 0 unspecified atom stereocenters. The highest BCUT2D eigenvalue weighted by atomic mass is 16.5. The first kappa shape index (κ1) is 10.9. The van der Waals surface area contributed by atoms with Crippen molar-refractivity contribution >= 4 is 0 Å². The van der Waals surface area contributed by atoms with Gasteiger partial charge in [0.2, 0.25) is 0 Å². The van der Waals surface area contributed by atoms with Crippen LogP contribution in [0.15, 0.2) is 36.5 Å². The number of nitrogens with zero attached hydrogens (tertiary/aromatic N) is 2. The molecule has 2 rings (SSSR count). The van der Waals surface area contributed by atoms with E-state index in [1.165, 1.54) is 0 Å². The van der Waals surface area contributed by atoms with Crippen molar-refractivity contribution in [2.45, 2.75) is 13.2 Å². The Labute approximate surface area is 94.1 Å². The van der Waals surface area contributed by atoms with E-state index in [0.717, 1.165) is 11.3 Å². The fourth-order valence-electron chi connectivity index (χ4n) is 1.55. The molecule has 0 spiro atoms. The Kier molecular flexibility index (Phi) is 3.34. The van der Waals surface area contributed by atoms with Crippen LogP contribution in [-0.4, -0.2) is 22.0 Å². The van der Waals surface area contributed by atoms with Gasteiger partial charge in [-0.25, -0.2) is 4.68 Å². The molecule has 0 aliphatic heterocycles. The van der Waals surface area contributed by atoms with Crippen LogP contribution in [0.5, 0.6) is 0 Å². The van der Waals surface area contributed by atoms with Crippen molar-refractivity contribution in [2.75, 3.05) is 7.11 Å². The summed E-state index contributed by atoms with van der Waals surface area (Å²) in [5.74, 6) is 0. The maximum Gasteiger partial charge on any atom is 0.0883 e. The highest BCUT2D eigenvalue weighted by Crippen LogP contribution is 2.11. The molecule has 0 aliphatic rings. The van der Waals surface area contributed by atoms with Crippen LogP contribution in [0.4, 0.5) is 0 Å². The van der Waals surface area contributed by atoms with E-state index in [1.54, 1.807) is 17.9 Å². The average molecular weight is 218 g/mol. The molecular weight excluding hydrogens is 204 g/mol. The molecular formula is C12H14N2O2. The van der Waals surface area contributed by atoms with Crippen molar-refractivity contribution < 1.29 is 9.84 Å². The molecule has 4 heteroatoms. The second-order valence-electron chi connectivity index (χ2n) is 3.51. The summed E-state index contributed by atoms with van der Waals surface area (Å²) in [5.41, 5.74) is 2.73. The van der Waals surface area contributed by atoms with Gasteiger partial charge in [0.05, 0.1) is 24.6 Å². The number of aromatic nitrogens is 2. The predicted octanol–water partition coefficient (Wildman–Crippen LogP) is 1.51. The molecule has 1 heterocycles. The summed E-state index contributed by atoms with van der Waals surface area (Å²) in [6, 6.07) is 9.74. The summed E-state index contributed by atoms with van der Waals surface area (Å²) >= 11 is 0. The maximum atomic E-state index is 8.94. The summed E-state index contributed by atoms with van der Waals surface area (Å²) in [6.45, 7) is 0.548. The van der Waals surface area contributed by atoms with Crippen molar-refractivity contribution in [3.05, 3.63) is 47.8 Å². The van der Waals surface area contributed by atoms with Gasteiger partial charge in [-0.1, -0.05) is 12.1 Å². The molecule has 0 radical (unpaired) electrons. The lowest BCUT2D eigenvalue weighted by Crippen LogP contribution is -1.97. The Morgan fingerprint density at radius 1 is 1.38 bits per heavy atom. The zero-order chi connectivity index (χ0) is 11.4. The van der Waals surface area contributed by atoms with Crippen LogP contribution in [0, 0.1) is 0 Å². The minimum atomic E-state index is -0.0369. The minimum Gasteiger partial charge on any atom is -0.390 e. The monoisotopic (exact) mass is 218 g/mol. The maximum absolute atomic E-state index is 8.94. The zero-order valence-corrected chi connectivity index (χ0v) is 9.13. The molecule has 0 fully saturated rings. The van der Waals surface area contributed by atoms with E-state index < -0.39 is 0 Å². The van der Waals surface area contributed by atoms with E-state index in [1.807, 2.05) is 30.5 Å². The zero-order valence-electron chi connectivity index (χ0n) is 9.13. The third-order valence-electron chi connectivity index (χ3n) is 2.29. The number of hydrogen-bond acceptors (Lipinski definition) is 3. The van der Waals surface area contributed by atoms with E-state index in [0.29, 0.717) is 12.3 Å². The Hall–Kier alpha value is -1.65. The van der Waals surface area contributed by atoms with Crippen LogP contribution in [0.3, 0.4) is 0 Å². The topological polar surface area (TPSA) is 47.3 Å². The van der Waals surface area contributed by atoms with Gasteiger partial charge >= 0.3 is 0 Å². The predicted molar refractivity (Wildman–Crippen MR) is 60.2 cm³/mol. The van der Waals surface area contributed by atoms with Gasteiger partial charge in [-0.3, -0.25) is 0 Å². The van der Waals surface area contributed by atoms with Crippen LogP contribution < -0.4 is 0 Å². The van der Waals surface area contributed by atoms with Gasteiger partial charge in [0, 0.05) is 13.3 Å². The van der Waals surface area contributed by atoms with E-state index >= 15 is 0 Å². The van der Waals surface area contributed by atoms with Crippen molar-refractivity contribution in [1.82, 2.24) is 9.78 Å². The lowest BCUT2D eigenvalue weighted by Gasteiger charge is -2.04. The minimum absolute atomic E-state index is 0.0369. The number of hydrogen-bond donors (Lipinski definition) is 1. The molecule has 2 aromatic rings. The van der Waals surface area contributed by atoms with Crippen molar-refractivity contribution in [1.29, 1.82) is 0 Å². The summed E-state index contributed by atoms with van der Waals surface area (Å²) in [4.78, 5) is 0. The van der Waals surface area contributed by atoms with Gasteiger partial charge in [0.1, 0.15) is 0 Å². The first-order valence-corrected chi connectivity index (χ1v) is 5.07. The van der Waals surface area contributed by atoms with Crippen molar-refractivity contribution in [3.63, 3.8) is 0 Å². The van der Waals surface area contributed by atoms with Gasteiger partial charge in [-0.05, 0) is 23.8 Å². The molecule has 0 amide bonds. The molecule has 0 atom stereocenters. The smallest absolute Gasteiger partial charge is 0.0883 e. The third kappa shape index (κ3) is 2.29. The van der Waals surface area contributed by atoms with Gasteiger partial charge in [-0.15, -0.1) is 0 Å². The summed E-state index contributed by atoms with van der Waals surface area (Å²) in [5, 5.41) is 13.2. The highest BCUT2D eigenvalue weighted by molar-refractivity contribution is 5.35. The van der Waals surface area contributed by atoms with Crippen molar-refractivity contribution in [2.24, 2.45) is 0 Å². The first-order chi connectivity index (χ1) is 7.83. The van der Waals surface area contributed by atoms with Crippen LogP contribution in [0.2, 0.25) is 0 Å².